The Bertz CT molecular complexity index is 454. The minimum atomic E-state index is 0.181. The minimum Gasteiger partial charge on any atom is -0.374 e. The van der Waals surface area contributed by atoms with Gasteiger partial charge in [0.05, 0.1) is 17.9 Å². The summed E-state index contributed by atoms with van der Waals surface area (Å²) in [7, 11) is 0. The normalized spacial score (nSPS) is 19.4. The van der Waals surface area contributed by atoms with E-state index in [4.69, 9.17) is 0 Å². The summed E-state index contributed by atoms with van der Waals surface area (Å²) in [4.78, 5) is 16.5. The van der Waals surface area contributed by atoms with Crippen LogP contribution in [0.4, 0.5) is 11.4 Å². The summed E-state index contributed by atoms with van der Waals surface area (Å²) < 4.78 is 0. The zero-order chi connectivity index (χ0) is 13.1. The van der Waals surface area contributed by atoms with Gasteiger partial charge in [-0.15, -0.1) is 0 Å². The van der Waals surface area contributed by atoms with Crippen molar-refractivity contribution < 1.29 is 4.79 Å². The minimum absolute atomic E-state index is 0.181. The van der Waals surface area contributed by atoms with Gasteiger partial charge in [-0.05, 0) is 51.0 Å². The third kappa shape index (κ3) is 2.73. The van der Waals surface area contributed by atoms with Crippen LogP contribution in [-0.4, -0.2) is 43.5 Å². The van der Waals surface area contributed by atoms with E-state index in [1.165, 1.54) is 25.9 Å². The second-order valence-corrected chi connectivity index (χ2v) is 5.32. The van der Waals surface area contributed by atoms with Gasteiger partial charge in [0.1, 0.15) is 0 Å². The molecule has 0 saturated carbocycles. The third-order valence-corrected chi connectivity index (χ3v) is 3.98. The van der Waals surface area contributed by atoms with Crippen molar-refractivity contribution in [3.8, 4) is 0 Å². The van der Waals surface area contributed by atoms with Gasteiger partial charge in [-0.2, -0.15) is 0 Å². The molecule has 1 aromatic rings. The fraction of sp³-hybridized carbons (Fsp3) is 0.533. The fourth-order valence-corrected chi connectivity index (χ4v) is 2.96. The average Bonchev–Trinajstić information content (AvgIpc) is 2.94. The maximum atomic E-state index is 12.0. The third-order valence-electron chi connectivity index (χ3n) is 3.98. The van der Waals surface area contributed by atoms with E-state index in [0.29, 0.717) is 6.54 Å². The molecular formula is C15H21N3O. The van der Waals surface area contributed by atoms with Crippen LogP contribution in [0, 0.1) is 0 Å². The lowest BCUT2D eigenvalue weighted by atomic mass is 10.2. The largest absolute Gasteiger partial charge is 0.374 e. The Morgan fingerprint density at radius 3 is 2.74 bits per heavy atom. The second-order valence-electron chi connectivity index (χ2n) is 5.32. The first-order chi connectivity index (χ1) is 9.34. The number of amides is 1. The van der Waals surface area contributed by atoms with E-state index in [2.05, 4.69) is 10.2 Å². The molecule has 3 rings (SSSR count). The summed E-state index contributed by atoms with van der Waals surface area (Å²) in [5.74, 6) is 0.181. The van der Waals surface area contributed by atoms with Crippen molar-refractivity contribution in [3.05, 3.63) is 24.3 Å². The van der Waals surface area contributed by atoms with Crippen LogP contribution < -0.4 is 10.2 Å². The number of nitrogens with zero attached hydrogens (tertiary/aromatic N) is 2. The molecule has 2 heterocycles. The SMILES string of the molecule is O=C1CNc2ccccc2N1CCCN1CCCC1. The van der Waals surface area contributed by atoms with Crippen LogP contribution in [0.1, 0.15) is 19.3 Å². The number of fused-ring (bicyclic) bond motifs is 1. The molecule has 1 fully saturated rings. The molecule has 4 heteroatoms. The van der Waals surface area contributed by atoms with Gasteiger partial charge in [0.15, 0.2) is 0 Å². The van der Waals surface area contributed by atoms with E-state index in [9.17, 15) is 4.79 Å². The highest BCUT2D eigenvalue weighted by atomic mass is 16.2. The number of carbonyl (C=O) groups excluding carboxylic acids is 1. The quantitative estimate of drug-likeness (QED) is 0.897. The molecule has 0 atom stereocenters. The first kappa shape index (κ1) is 12.5. The zero-order valence-electron chi connectivity index (χ0n) is 11.3. The summed E-state index contributed by atoms with van der Waals surface area (Å²) in [5.41, 5.74) is 2.10. The van der Waals surface area contributed by atoms with Crippen LogP contribution in [0.3, 0.4) is 0 Å². The first-order valence-corrected chi connectivity index (χ1v) is 7.20. The van der Waals surface area contributed by atoms with Crippen molar-refractivity contribution in [2.45, 2.75) is 19.3 Å². The number of rotatable bonds is 4. The van der Waals surface area contributed by atoms with E-state index in [1.54, 1.807) is 0 Å². The van der Waals surface area contributed by atoms with Gasteiger partial charge in [0, 0.05) is 6.54 Å². The Kier molecular flexibility index (Phi) is 3.69. The van der Waals surface area contributed by atoms with E-state index < -0.39 is 0 Å². The lowest BCUT2D eigenvalue weighted by Crippen LogP contribution is -2.41. The predicted octanol–water partition coefficient (Wildman–Crippen LogP) is 1.93. The van der Waals surface area contributed by atoms with Crippen molar-refractivity contribution >= 4 is 17.3 Å². The number of benzene rings is 1. The lowest BCUT2D eigenvalue weighted by Gasteiger charge is -2.30. The number of hydrogen-bond donors (Lipinski definition) is 1. The van der Waals surface area contributed by atoms with Gasteiger partial charge in [-0.25, -0.2) is 0 Å². The molecule has 0 unspecified atom stereocenters. The van der Waals surface area contributed by atoms with Crippen molar-refractivity contribution in [2.75, 3.05) is 42.9 Å². The molecule has 2 aliphatic heterocycles. The zero-order valence-corrected chi connectivity index (χ0v) is 11.3. The Balaban J connectivity index is 1.61. The van der Waals surface area contributed by atoms with Crippen molar-refractivity contribution in [1.29, 1.82) is 0 Å². The Morgan fingerprint density at radius 2 is 1.89 bits per heavy atom. The van der Waals surface area contributed by atoms with Crippen LogP contribution in [0.15, 0.2) is 24.3 Å². The second kappa shape index (κ2) is 5.61. The fourth-order valence-electron chi connectivity index (χ4n) is 2.96. The molecule has 0 radical (unpaired) electrons. The molecule has 4 nitrogen and oxygen atoms in total. The average molecular weight is 259 g/mol. The number of para-hydroxylation sites is 2. The van der Waals surface area contributed by atoms with Gasteiger partial charge in [-0.1, -0.05) is 12.1 Å². The summed E-state index contributed by atoms with van der Waals surface area (Å²) in [6, 6.07) is 8.06. The molecule has 0 aromatic heterocycles. The molecule has 1 saturated heterocycles. The van der Waals surface area contributed by atoms with Gasteiger partial charge >= 0.3 is 0 Å². The lowest BCUT2D eigenvalue weighted by molar-refractivity contribution is -0.117. The Hall–Kier alpha value is -1.55. The van der Waals surface area contributed by atoms with Crippen LogP contribution >= 0.6 is 0 Å². The highest BCUT2D eigenvalue weighted by Crippen LogP contribution is 2.28. The smallest absolute Gasteiger partial charge is 0.246 e. The summed E-state index contributed by atoms with van der Waals surface area (Å²) in [6.45, 7) is 4.81. The van der Waals surface area contributed by atoms with Gasteiger partial charge in [0.25, 0.3) is 0 Å². The molecule has 102 valence electrons. The number of nitrogens with one attached hydrogen (secondary N) is 1. The molecule has 0 aliphatic carbocycles. The molecular weight excluding hydrogens is 238 g/mol. The summed E-state index contributed by atoms with van der Waals surface area (Å²) in [5, 5.41) is 3.17. The van der Waals surface area contributed by atoms with Gasteiger partial charge < -0.3 is 15.1 Å². The molecule has 19 heavy (non-hydrogen) atoms. The standard InChI is InChI=1S/C15H21N3O/c19-15-12-16-13-6-1-2-7-14(13)18(15)11-5-10-17-8-3-4-9-17/h1-2,6-7,16H,3-5,8-12H2. The number of carbonyl (C=O) groups is 1. The number of likely N-dealkylation sites (tertiary alicyclic amines) is 1. The highest BCUT2D eigenvalue weighted by molar-refractivity contribution is 6.02. The van der Waals surface area contributed by atoms with E-state index in [-0.39, 0.29) is 5.91 Å². The monoisotopic (exact) mass is 259 g/mol. The molecule has 0 spiro atoms. The molecule has 2 aliphatic rings. The summed E-state index contributed by atoms with van der Waals surface area (Å²) in [6.07, 6.45) is 3.71. The van der Waals surface area contributed by atoms with Crippen LogP contribution in [-0.2, 0) is 4.79 Å². The molecule has 1 N–H and O–H groups in total. The van der Waals surface area contributed by atoms with Crippen LogP contribution in [0.25, 0.3) is 0 Å². The molecule has 1 aromatic carbocycles. The van der Waals surface area contributed by atoms with Gasteiger partial charge in [-0.3, -0.25) is 4.79 Å². The number of hydrogen-bond acceptors (Lipinski definition) is 3. The van der Waals surface area contributed by atoms with E-state index in [0.717, 1.165) is 30.9 Å². The highest BCUT2D eigenvalue weighted by Gasteiger charge is 2.23. The van der Waals surface area contributed by atoms with Crippen LogP contribution in [0.2, 0.25) is 0 Å². The maximum absolute atomic E-state index is 12.0. The van der Waals surface area contributed by atoms with Crippen LogP contribution in [0.5, 0.6) is 0 Å². The molecule has 0 bridgehead atoms. The van der Waals surface area contributed by atoms with Gasteiger partial charge in [0.2, 0.25) is 5.91 Å². The molecule has 1 amide bonds. The van der Waals surface area contributed by atoms with Crippen molar-refractivity contribution in [2.24, 2.45) is 0 Å². The topological polar surface area (TPSA) is 35.6 Å². The van der Waals surface area contributed by atoms with Crippen molar-refractivity contribution in [3.63, 3.8) is 0 Å². The predicted molar refractivity (Wildman–Crippen MR) is 77.6 cm³/mol. The maximum Gasteiger partial charge on any atom is 0.246 e. The number of anilines is 2. The summed E-state index contributed by atoms with van der Waals surface area (Å²) >= 11 is 0. The van der Waals surface area contributed by atoms with E-state index in [1.807, 2.05) is 29.2 Å². The Labute approximate surface area is 114 Å². The van der Waals surface area contributed by atoms with Crippen molar-refractivity contribution in [1.82, 2.24) is 4.90 Å². The van der Waals surface area contributed by atoms with E-state index >= 15 is 0 Å². The Morgan fingerprint density at radius 1 is 1.11 bits per heavy atom. The first-order valence-electron chi connectivity index (χ1n) is 7.20.